The van der Waals surface area contributed by atoms with Crippen molar-refractivity contribution in [3.63, 3.8) is 0 Å². The van der Waals surface area contributed by atoms with Gasteiger partial charge in [0.2, 0.25) is 0 Å². The summed E-state index contributed by atoms with van der Waals surface area (Å²) in [6, 6.07) is 5.55. The molecular weight excluding hydrogens is 216 g/mol. The Kier molecular flexibility index (Phi) is 3.67. The molecule has 2 aromatic rings. The molecule has 0 aliphatic rings. The molecule has 4 nitrogen and oxygen atoms in total. The average Bonchev–Trinajstić information content (AvgIpc) is 2.40. The highest BCUT2D eigenvalue weighted by Crippen LogP contribution is 2.25. The minimum atomic E-state index is -0.614. The molecule has 0 saturated carbocycles. The topological polar surface area (TPSA) is 55.2 Å². The summed E-state index contributed by atoms with van der Waals surface area (Å²) in [6.45, 7) is 0. The molecular formula is C13H14N2O2. The molecule has 1 atom stereocenters. The lowest BCUT2D eigenvalue weighted by molar-refractivity contribution is 0.173. The SMILES string of the molecule is COc1cnccc1C(O)Cc1cccnc1. The summed E-state index contributed by atoms with van der Waals surface area (Å²) >= 11 is 0. The molecule has 0 aliphatic heterocycles. The Balaban J connectivity index is 2.17. The monoisotopic (exact) mass is 230 g/mol. The highest BCUT2D eigenvalue weighted by molar-refractivity contribution is 5.32. The van der Waals surface area contributed by atoms with Crippen molar-refractivity contribution in [3.8, 4) is 5.75 Å². The summed E-state index contributed by atoms with van der Waals surface area (Å²) in [5.41, 5.74) is 1.73. The van der Waals surface area contributed by atoms with Crippen molar-refractivity contribution in [1.82, 2.24) is 9.97 Å². The molecule has 1 N–H and O–H groups in total. The molecule has 4 heteroatoms. The van der Waals surface area contributed by atoms with Crippen LogP contribution in [0.25, 0.3) is 0 Å². The van der Waals surface area contributed by atoms with E-state index in [9.17, 15) is 5.11 Å². The van der Waals surface area contributed by atoms with E-state index in [1.165, 1.54) is 0 Å². The molecule has 1 unspecified atom stereocenters. The van der Waals surface area contributed by atoms with E-state index in [0.717, 1.165) is 11.1 Å². The van der Waals surface area contributed by atoms with Crippen molar-refractivity contribution in [1.29, 1.82) is 0 Å². The number of methoxy groups -OCH3 is 1. The van der Waals surface area contributed by atoms with E-state index >= 15 is 0 Å². The summed E-state index contributed by atoms with van der Waals surface area (Å²) in [5.74, 6) is 0.601. The molecule has 0 aliphatic carbocycles. The lowest BCUT2D eigenvalue weighted by Gasteiger charge is -2.13. The van der Waals surface area contributed by atoms with Crippen LogP contribution in [0.1, 0.15) is 17.2 Å². The van der Waals surface area contributed by atoms with Crippen molar-refractivity contribution >= 4 is 0 Å². The molecule has 0 amide bonds. The third-order valence-electron chi connectivity index (χ3n) is 2.55. The number of aliphatic hydroxyl groups excluding tert-OH is 1. The van der Waals surface area contributed by atoms with Gasteiger partial charge in [0.1, 0.15) is 5.75 Å². The predicted octanol–water partition coefficient (Wildman–Crippen LogP) is 1.76. The van der Waals surface area contributed by atoms with E-state index in [4.69, 9.17) is 4.74 Å². The van der Waals surface area contributed by atoms with Crippen LogP contribution in [0.4, 0.5) is 0 Å². The van der Waals surface area contributed by atoms with Crippen LogP contribution in [0.2, 0.25) is 0 Å². The Morgan fingerprint density at radius 3 is 2.76 bits per heavy atom. The molecule has 0 aromatic carbocycles. The van der Waals surface area contributed by atoms with E-state index in [2.05, 4.69) is 9.97 Å². The molecule has 0 radical (unpaired) electrons. The lowest BCUT2D eigenvalue weighted by Crippen LogP contribution is -2.04. The maximum absolute atomic E-state index is 10.2. The highest BCUT2D eigenvalue weighted by Gasteiger charge is 2.13. The summed E-state index contributed by atoms with van der Waals surface area (Å²) in [4.78, 5) is 7.98. The van der Waals surface area contributed by atoms with Crippen LogP contribution in [0.3, 0.4) is 0 Å². The zero-order chi connectivity index (χ0) is 12.1. The van der Waals surface area contributed by atoms with Crippen LogP contribution in [0.5, 0.6) is 5.75 Å². The van der Waals surface area contributed by atoms with Gasteiger partial charge >= 0.3 is 0 Å². The Morgan fingerprint density at radius 1 is 1.24 bits per heavy atom. The van der Waals surface area contributed by atoms with Gasteiger partial charge in [0.05, 0.1) is 19.4 Å². The third kappa shape index (κ3) is 2.79. The summed E-state index contributed by atoms with van der Waals surface area (Å²) in [6.07, 6.45) is 6.59. The summed E-state index contributed by atoms with van der Waals surface area (Å²) in [7, 11) is 1.57. The molecule has 17 heavy (non-hydrogen) atoms. The van der Waals surface area contributed by atoms with Crippen LogP contribution in [0, 0.1) is 0 Å². The maximum Gasteiger partial charge on any atom is 0.142 e. The van der Waals surface area contributed by atoms with Crippen molar-refractivity contribution < 1.29 is 9.84 Å². The first-order chi connectivity index (χ1) is 8.31. The first-order valence-electron chi connectivity index (χ1n) is 5.36. The predicted molar refractivity (Wildman–Crippen MR) is 63.7 cm³/mol. The second-order valence-corrected chi connectivity index (χ2v) is 3.70. The Labute approximate surface area is 99.9 Å². The van der Waals surface area contributed by atoms with Gasteiger partial charge in [0.15, 0.2) is 0 Å². The molecule has 0 spiro atoms. The van der Waals surface area contributed by atoms with Crippen LogP contribution >= 0.6 is 0 Å². The molecule has 2 heterocycles. The van der Waals surface area contributed by atoms with Gasteiger partial charge < -0.3 is 9.84 Å². The maximum atomic E-state index is 10.2. The quantitative estimate of drug-likeness (QED) is 0.869. The highest BCUT2D eigenvalue weighted by atomic mass is 16.5. The van der Waals surface area contributed by atoms with Crippen molar-refractivity contribution in [3.05, 3.63) is 54.1 Å². The van der Waals surface area contributed by atoms with Crippen LogP contribution in [-0.2, 0) is 6.42 Å². The van der Waals surface area contributed by atoms with E-state index in [-0.39, 0.29) is 0 Å². The van der Waals surface area contributed by atoms with Gasteiger partial charge in [0, 0.05) is 30.6 Å². The fraction of sp³-hybridized carbons (Fsp3) is 0.231. The van der Waals surface area contributed by atoms with E-state index in [0.29, 0.717) is 12.2 Å². The smallest absolute Gasteiger partial charge is 0.142 e. The number of hydrogen-bond donors (Lipinski definition) is 1. The molecule has 0 fully saturated rings. The fourth-order valence-electron chi connectivity index (χ4n) is 1.69. The largest absolute Gasteiger partial charge is 0.495 e. The van der Waals surface area contributed by atoms with Crippen LogP contribution < -0.4 is 4.74 Å². The normalized spacial score (nSPS) is 12.1. The Bertz CT molecular complexity index is 474. The Hall–Kier alpha value is -1.94. The van der Waals surface area contributed by atoms with Crippen molar-refractivity contribution in [2.75, 3.05) is 7.11 Å². The van der Waals surface area contributed by atoms with Crippen LogP contribution in [0.15, 0.2) is 43.0 Å². The standard InChI is InChI=1S/C13H14N2O2/c1-17-13-9-15-6-4-11(13)12(16)7-10-3-2-5-14-8-10/h2-6,8-9,12,16H,7H2,1H3. The van der Waals surface area contributed by atoms with Crippen molar-refractivity contribution in [2.45, 2.75) is 12.5 Å². The number of aliphatic hydroxyl groups is 1. The first kappa shape index (κ1) is 11.5. The first-order valence-corrected chi connectivity index (χ1v) is 5.36. The van der Waals surface area contributed by atoms with E-state index < -0.39 is 6.10 Å². The number of pyridine rings is 2. The Morgan fingerprint density at radius 2 is 2.06 bits per heavy atom. The zero-order valence-electron chi connectivity index (χ0n) is 9.58. The minimum Gasteiger partial charge on any atom is -0.495 e. The number of ether oxygens (including phenoxy) is 1. The van der Waals surface area contributed by atoms with Gasteiger partial charge in [-0.1, -0.05) is 6.07 Å². The van der Waals surface area contributed by atoms with Gasteiger partial charge in [0.25, 0.3) is 0 Å². The second kappa shape index (κ2) is 5.41. The van der Waals surface area contributed by atoms with Crippen molar-refractivity contribution in [2.24, 2.45) is 0 Å². The van der Waals surface area contributed by atoms with Gasteiger partial charge in [-0.05, 0) is 17.7 Å². The number of hydrogen-bond acceptors (Lipinski definition) is 4. The molecule has 0 bridgehead atoms. The summed E-state index contributed by atoms with van der Waals surface area (Å²) in [5, 5.41) is 10.2. The number of nitrogens with zero attached hydrogens (tertiary/aromatic N) is 2. The average molecular weight is 230 g/mol. The lowest BCUT2D eigenvalue weighted by atomic mass is 10.0. The third-order valence-corrected chi connectivity index (χ3v) is 2.55. The van der Waals surface area contributed by atoms with Gasteiger partial charge in [-0.25, -0.2) is 0 Å². The fourth-order valence-corrected chi connectivity index (χ4v) is 1.69. The zero-order valence-corrected chi connectivity index (χ0v) is 9.58. The summed E-state index contributed by atoms with van der Waals surface area (Å²) < 4.78 is 5.17. The molecule has 88 valence electrons. The van der Waals surface area contributed by atoms with Crippen LogP contribution in [-0.4, -0.2) is 22.2 Å². The minimum absolute atomic E-state index is 0.508. The van der Waals surface area contributed by atoms with E-state index in [1.54, 1.807) is 38.0 Å². The van der Waals surface area contributed by atoms with E-state index in [1.807, 2.05) is 12.1 Å². The molecule has 2 aromatic heterocycles. The second-order valence-electron chi connectivity index (χ2n) is 3.70. The molecule has 0 saturated heterocycles. The van der Waals surface area contributed by atoms with Gasteiger partial charge in [-0.15, -0.1) is 0 Å². The van der Waals surface area contributed by atoms with Gasteiger partial charge in [-0.3, -0.25) is 9.97 Å². The molecule has 2 rings (SSSR count). The number of aromatic nitrogens is 2. The number of rotatable bonds is 4. The van der Waals surface area contributed by atoms with Gasteiger partial charge in [-0.2, -0.15) is 0 Å².